The van der Waals surface area contributed by atoms with E-state index in [0.717, 1.165) is 37.3 Å². The van der Waals surface area contributed by atoms with Crippen LogP contribution in [0.25, 0.3) is 0 Å². The SMILES string of the molecule is Cc1nccn1Cc1ccc(NC(=O)c2ccc(N3CCCC3)c([N+](=O)[O-])c2)cc1. The van der Waals surface area contributed by atoms with Gasteiger partial charge in [-0.1, -0.05) is 12.1 Å². The molecule has 2 heterocycles. The number of hydrogen-bond acceptors (Lipinski definition) is 5. The summed E-state index contributed by atoms with van der Waals surface area (Å²) in [7, 11) is 0. The lowest BCUT2D eigenvalue weighted by Crippen LogP contribution is -2.19. The summed E-state index contributed by atoms with van der Waals surface area (Å²) in [5, 5.41) is 14.4. The number of imidazole rings is 1. The van der Waals surface area contributed by atoms with Crippen molar-refractivity contribution in [2.24, 2.45) is 0 Å². The average Bonchev–Trinajstić information content (AvgIpc) is 3.41. The van der Waals surface area contributed by atoms with Crippen molar-refractivity contribution < 1.29 is 9.72 Å². The highest BCUT2D eigenvalue weighted by atomic mass is 16.6. The van der Waals surface area contributed by atoms with Crippen molar-refractivity contribution in [2.45, 2.75) is 26.3 Å². The minimum absolute atomic E-state index is 0.0319. The van der Waals surface area contributed by atoms with Gasteiger partial charge in [0.15, 0.2) is 0 Å². The molecule has 1 aliphatic rings. The van der Waals surface area contributed by atoms with Crippen molar-refractivity contribution >= 4 is 23.0 Å². The minimum atomic E-state index is -0.419. The molecule has 30 heavy (non-hydrogen) atoms. The van der Waals surface area contributed by atoms with Crippen LogP contribution >= 0.6 is 0 Å². The molecular formula is C22H23N5O3. The number of nitro benzene ring substituents is 1. The Morgan fingerprint density at radius 1 is 1.17 bits per heavy atom. The fraction of sp³-hybridized carbons (Fsp3) is 0.273. The molecule has 1 aliphatic heterocycles. The van der Waals surface area contributed by atoms with E-state index in [1.807, 2.05) is 46.9 Å². The third-order valence-corrected chi connectivity index (χ3v) is 5.37. The summed E-state index contributed by atoms with van der Waals surface area (Å²) in [5.74, 6) is 0.565. The summed E-state index contributed by atoms with van der Waals surface area (Å²) in [4.78, 5) is 30.0. The van der Waals surface area contributed by atoms with E-state index >= 15 is 0 Å². The van der Waals surface area contributed by atoms with Crippen LogP contribution in [0, 0.1) is 17.0 Å². The van der Waals surface area contributed by atoms with Crippen LogP contribution in [0.1, 0.15) is 34.6 Å². The van der Waals surface area contributed by atoms with Crippen molar-refractivity contribution in [2.75, 3.05) is 23.3 Å². The van der Waals surface area contributed by atoms with Crippen LogP contribution in [0.15, 0.2) is 54.9 Å². The molecule has 0 unspecified atom stereocenters. The van der Waals surface area contributed by atoms with Gasteiger partial charge in [-0.05, 0) is 49.6 Å². The number of anilines is 2. The van der Waals surface area contributed by atoms with Crippen LogP contribution in [0.4, 0.5) is 17.1 Å². The maximum atomic E-state index is 12.6. The molecule has 1 amide bonds. The lowest BCUT2D eigenvalue weighted by Gasteiger charge is -2.17. The molecule has 4 rings (SSSR count). The van der Waals surface area contributed by atoms with E-state index in [9.17, 15) is 14.9 Å². The number of nitro groups is 1. The topological polar surface area (TPSA) is 93.3 Å². The lowest BCUT2D eigenvalue weighted by molar-refractivity contribution is -0.384. The third-order valence-electron chi connectivity index (χ3n) is 5.37. The zero-order chi connectivity index (χ0) is 21.1. The van der Waals surface area contributed by atoms with E-state index in [4.69, 9.17) is 0 Å². The summed E-state index contributed by atoms with van der Waals surface area (Å²) in [6.45, 7) is 4.25. The van der Waals surface area contributed by atoms with Gasteiger partial charge in [-0.3, -0.25) is 14.9 Å². The minimum Gasteiger partial charge on any atom is -0.366 e. The first-order chi connectivity index (χ1) is 14.5. The molecule has 1 fully saturated rings. The zero-order valence-corrected chi connectivity index (χ0v) is 16.7. The number of hydrogen-bond donors (Lipinski definition) is 1. The van der Waals surface area contributed by atoms with Crippen LogP contribution in [-0.2, 0) is 6.54 Å². The van der Waals surface area contributed by atoms with Gasteiger partial charge < -0.3 is 14.8 Å². The summed E-state index contributed by atoms with van der Waals surface area (Å²) in [5.41, 5.74) is 2.53. The van der Waals surface area contributed by atoms with Crippen LogP contribution in [0.5, 0.6) is 0 Å². The first kappa shape index (κ1) is 19.6. The molecule has 1 N–H and O–H groups in total. The molecule has 8 nitrogen and oxygen atoms in total. The average molecular weight is 405 g/mol. The summed E-state index contributed by atoms with van der Waals surface area (Å²) in [6.07, 6.45) is 5.73. The van der Waals surface area contributed by atoms with Crippen molar-refractivity contribution in [3.63, 3.8) is 0 Å². The second-order valence-electron chi connectivity index (χ2n) is 7.41. The fourth-order valence-electron chi connectivity index (χ4n) is 3.70. The molecule has 0 aliphatic carbocycles. The first-order valence-corrected chi connectivity index (χ1v) is 9.93. The Hall–Kier alpha value is -3.68. The van der Waals surface area contributed by atoms with Gasteiger partial charge in [0.25, 0.3) is 11.6 Å². The summed E-state index contributed by atoms with van der Waals surface area (Å²) in [6, 6.07) is 12.2. The van der Waals surface area contributed by atoms with Gasteiger partial charge in [0, 0.05) is 49.3 Å². The standard InChI is InChI=1S/C22H23N5O3/c1-16-23-10-13-26(16)15-17-4-7-19(8-5-17)24-22(28)18-6-9-20(21(14-18)27(29)30)25-11-2-3-12-25/h4-10,13-14H,2-3,11-12,15H2,1H3,(H,24,28). The maximum absolute atomic E-state index is 12.6. The zero-order valence-electron chi connectivity index (χ0n) is 16.7. The molecule has 0 spiro atoms. The van der Waals surface area contributed by atoms with Crippen molar-refractivity contribution in [1.29, 1.82) is 0 Å². The Morgan fingerprint density at radius 2 is 1.90 bits per heavy atom. The van der Waals surface area contributed by atoms with Crippen LogP contribution in [0.2, 0.25) is 0 Å². The van der Waals surface area contributed by atoms with Crippen LogP contribution in [0.3, 0.4) is 0 Å². The number of aromatic nitrogens is 2. The summed E-state index contributed by atoms with van der Waals surface area (Å²) < 4.78 is 2.04. The molecule has 3 aromatic rings. The Balaban J connectivity index is 1.47. The summed E-state index contributed by atoms with van der Waals surface area (Å²) >= 11 is 0. The van der Waals surface area contributed by atoms with Gasteiger partial charge in [-0.15, -0.1) is 0 Å². The monoisotopic (exact) mass is 405 g/mol. The molecule has 0 atom stereocenters. The molecule has 0 radical (unpaired) electrons. The third kappa shape index (κ3) is 4.17. The first-order valence-electron chi connectivity index (χ1n) is 9.93. The number of rotatable bonds is 6. The van der Waals surface area contributed by atoms with E-state index < -0.39 is 4.92 Å². The molecule has 0 bridgehead atoms. The normalized spacial score (nSPS) is 13.4. The lowest BCUT2D eigenvalue weighted by atomic mass is 10.1. The molecule has 8 heteroatoms. The van der Waals surface area contributed by atoms with Gasteiger partial charge in [0.05, 0.1) is 4.92 Å². The molecule has 154 valence electrons. The highest BCUT2D eigenvalue weighted by Crippen LogP contribution is 2.31. The molecule has 1 aromatic heterocycles. The Morgan fingerprint density at radius 3 is 2.53 bits per heavy atom. The van der Waals surface area contributed by atoms with Crippen molar-refractivity contribution in [3.05, 3.63) is 81.9 Å². The maximum Gasteiger partial charge on any atom is 0.293 e. The quantitative estimate of drug-likeness (QED) is 0.494. The molecule has 1 saturated heterocycles. The van der Waals surface area contributed by atoms with E-state index in [2.05, 4.69) is 10.3 Å². The predicted octanol–water partition coefficient (Wildman–Crippen LogP) is 4.00. The van der Waals surface area contributed by atoms with Gasteiger partial charge in [-0.25, -0.2) is 4.98 Å². The number of nitrogens with one attached hydrogen (secondary N) is 1. The van der Waals surface area contributed by atoms with E-state index in [1.54, 1.807) is 18.3 Å². The predicted molar refractivity (Wildman–Crippen MR) is 115 cm³/mol. The Kier molecular flexibility index (Phi) is 5.47. The van der Waals surface area contributed by atoms with Crippen LogP contribution in [-0.4, -0.2) is 33.5 Å². The van der Waals surface area contributed by atoms with E-state index in [1.165, 1.54) is 6.07 Å². The van der Waals surface area contributed by atoms with Gasteiger partial charge >= 0.3 is 0 Å². The van der Waals surface area contributed by atoms with Gasteiger partial charge in [0.2, 0.25) is 0 Å². The number of nitrogens with zero attached hydrogens (tertiary/aromatic N) is 4. The van der Waals surface area contributed by atoms with Gasteiger partial charge in [-0.2, -0.15) is 0 Å². The van der Waals surface area contributed by atoms with Crippen molar-refractivity contribution in [3.8, 4) is 0 Å². The van der Waals surface area contributed by atoms with Gasteiger partial charge in [0.1, 0.15) is 11.5 Å². The smallest absolute Gasteiger partial charge is 0.293 e. The van der Waals surface area contributed by atoms with Crippen LogP contribution < -0.4 is 10.2 Å². The Labute approximate surface area is 174 Å². The number of carbonyl (C=O) groups excluding carboxylic acids is 1. The Bertz CT molecular complexity index is 1070. The molecule has 2 aromatic carbocycles. The number of carbonyl (C=O) groups is 1. The molecule has 0 saturated carbocycles. The number of aryl methyl sites for hydroxylation is 1. The fourth-order valence-corrected chi connectivity index (χ4v) is 3.70. The number of amides is 1. The van der Waals surface area contributed by atoms with E-state index in [-0.39, 0.29) is 17.2 Å². The second-order valence-corrected chi connectivity index (χ2v) is 7.41. The van der Waals surface area contributed by atoms with E-state index in [0.29, 0.717) is 17.9 Å². The van der Waals surface area contributed by atoms with Crippen molar-refractivity contribution in [1.82, 2.24) is 9.55 Å². The molecular weight excluding hydrogens is 382 g/mol. The highest BCUT2D eigenvalue weighted by Gasteiger charge is 2.23. The highest BCUT2D eigenvalue weighted by molar-refractivity contribution is 6.05. The number of benzene rings is 2. The largest absolute Gasteiger partial charge is 0.366 e. The second kappa shape index (κ2) is 8.36.